The Morgan fingerprint density at radius 1 is 1.19 bits per heavy atom. The van der Waals surface area contributed by atoms with E-state index in [9.17, 15) is 9.59 Å². The summed E-state index contributed by atoms with van der Waals surface area (Å²) in [5.41, 5.74) is 9.11. The molecule has 2 amide bonds. The fraction of sp³-hybridized carbons (Fsp3) is 0.400. The number of nitrogens with one attached hydrogen (secondary N) is 3. The fourth-order valence-electron chi connectivity index (χ4n) is 3.98. The standard InChI is InChI=1S/C20H24N4O2/c21-13-5-7-14(8-6-13)23-17(25)11-12-9-10-22-20(26)19-18(12)15-3-1-2-4-16(15)24-19/h1-4,9,13-14,24H,5-8,10-11,21H2,(H,22,26)(H,23,25). The van der Waals surface area contributed by atoms with Crippen molar-refractivity contribution in [2.75, 3.05) is 6.54 Å². The Labute approximate surface area is 152 Å². The number of H-pyrrole nitrogens is 1. The van der Waals surface area contributed by atoms with Crippen LogP contribution in [0.3, 0.4) is 0 Å². The van der Waals surface area contributed by atoms with E-state index in [-0.39, 0.29) is 30.3 Å². The van der Waals surface area contributed by atoms with Crippen LogP contribution in [0.25, 0.3) is 16.5 Å². The number of rotatable bonds is 3. The van der Waals surface area contributed by atoms with Crippen LogP contribution >= 0.6 is 0 Å². The Balaban J connectivity index is 1.57. The lowest BCUT2D eigenvalue weighted by atomic mass is 9.91. The lowest BCUT2D eigenvalue weighted by Crippen LogP contribution is -2.40. The number of hydrogen-bond acceptors (Lipinski definition) is 3. The van der Waals surface area contributed by atoms with E-state index in [1.54, 1.807) is 0 Å². The van der Waals surface area contributed by atoms with Crippen molar-refractivity contribution in [2.45, 2.75) is 44.2 Å². The molecule has 0 saturated heterocycles. The molecule has 2 aliphatic rings. The summed E-state index contributed by atoms with van der Waals surface area (Å²) in [7, 11) is 0. The van der Waals surface area contributed by atoms with Gasteiger partial charge in [-0.2, -0.15) is 0 Å². The molecule has 5 N–H and O–H groups in total. The van der Waals surface area contributed by atoms with E-state index in [1.165, 1.54) is 0 Å². The predicted molar refractivity (Wildman–Crippen MR) is 102 cm³/mol. The second kappa shape index (κ2) is 6.96. The minimum absolute atomic E-state index is 0.00213. The van der Waals surface area contributed by atoms with Crippen molar-refractivity contribution in [1.82, 2.24) is 15.6 Å². The largest absolute Gasteiger partial charge is 0.353 e. The van der Waals surface area contributed by atoms with Gasteiger partial charge in [-0.05, 0) is 37.3 Å². The molecular weight excluding hydrogens is 328 g/mol. The summed E-state index contributed by atoms with van der Waals surface area (Å²) in [5.74, 6) is -0.133. The number of amides is 2. The second-order valence-corrected chi connectivity index (χ2v) is 7.22. The van der Waals surface area contributed by atoms with Gasteiger partial charge >= 0.3 is 0 Å². The number of aromatic amines is 1. The summed E-state index contributed by atoms with van der Waals surface area (Å²) in [6, 6.07) is 8.27. The number of carbonyl (C=O) groups excluding carboxylic acids is 2. The normalized spacial score (nSPS) is 23.0. The van der Waals surface area contributed by atoms with E-state index < -0.39 is 0 Å². The smallest absolute Gasteiger partial charge is 0.268 e. The van der Waals surface area contributed by atoms with Gasteiger partial charge in [-0.15, -0.1) is 0 Å². The van der Waals surface area contributed by atoms with Crippen molar-refractivity contribution in [3.8, 4) is 0 Å². The number of fused-ring (bicyclic) bond motifs is 3. The second-order valence-electron chi connectivity index (χ2n) is 7.22. The SMILES string of the molecule is NC1CCC(NC(=O)CC2=CCNC(=O)c3[nH]c4ccccc4c32)CC1. The highest BCUT2D eigenvalue weighted by molar-refractivity contribution is 6.09. The molecule has 1 fully saturated rings. The van der Waals surface area contributed by atoms with Crippen LogP contribution in [0.4, 0.5) is 0 Å². The topological polar surface area (TPSA) is 100 Å². The number of carbonyl (C=O) groups is 2. The summed E-state index contributed by atoms with van der Waals surface area (Å²) in [4.78, 5) is 28.2. The van der Waals surface area contributed by atoms with Gasteiger partial charge < -0.3 is 21.4 Å². The average Bonchev–Trinajstić information content (AvgIpc) is 2.95. The van der Waals surface area contributed by atoms with Crippen molar-refractivity contribution in [2.24, 2.45) is 5.73 Å². The zero-order chi connectivity index (χ0) is 18.1. The molecule has 0 bridgehead atoms. The number of benzene rings is 1. The first kappa shape index (κ1) is 16.8. The highest BCUT2D eigenvalue weighted by Crippen LogP contribution is 2.32. The van der Waals surface area contributed by atoms with Gasteiger partial charge in [0, 0.05) is 35.1 Å². The van der Waals surface area contributed by atoms with E-state index in [2.05, 4.69) is 15.6 Å². The molecule has 136 valence electrons. The third-order valence-electron chi connectivity index (χ3n) is 5.35. The maximum Gasteiger partial charge on any atom is 0.268 e. The summed E-state index contributed by atoms with van der Waals surface area (Å²) in [6.07, 6.45) is 6.00. The number of aromatic nitrogens is 1. The predicted octanol–water partition coefficient (Wildman–Crippen LogP) is 2.07. The number of para-hydroxylation sites is 1. The third kappa shape index (κ3) is 3.24. The van der Waals surface area contributed by atoms with Crippen LogP contribution in [-0.4, -0.2) is 35.4 Å². The van der Waals surface area contributed by atoms with Crippen LogP contribution in [0.5, 0.6) is 0 Å². The molecule has 0 spiro atoms. The molecule has 1 saturated carbocycles. The molecule has 0 radical (unpaired) electrons. The Hall–Kier alpha value is -2.60. The first-order valence-electron chi connectivity index (χ1n) is 9.25. The molecule has 6 nitrogen and oxygen atoms in total. The van der Waals surface area contributed by atoms with Crippen LogP contribution in [-0.2, 0) is 4.79 Å². The van der Waals surface area contributed by atoms with Gasteiger partial charge in [0.1, 0.15) is 5.69 Å². The first-order valence-corrected chi connectivity index (χ1v) is 9.25. The van der Waals surface area contributed by atoms with Crippen LogP contribution in [0.15, 0.2) is 30.3 Å². The lowest BCUT2D eigenvalue weighted by molar-refractivity contribution is -0.121. The Morgan fingerprint density at radius 3 is 2.77 bits per heavy atom. The highest BCUT2D eigenvalue weighted by atomic mass is 16.2. The molecule has 0 unspecified atom stereocenters. The minimum atomic E-state index is -0.135. The fourth-order valence-corrected chi connectivity index (χ4v) is 3.98. The van der Waals surface area contributed by atoms with Crippen LogP contribution in [0.2, 0.25) is 0 Å². The summed E-state index contributed by atoms with van der Waals surface area (Å²) in [6.45, 7) is 0.427. The van der Waals surface area contributed by atoms with Gasteiger partial charge in [0.05, 0.1) is 6.42 Å². The van der Waals surface area contributed by atoms with Gasteiger partial charge in [-0.3, -0.25) is 9.59 Å². The van der Waals surface area contributed by atoms with Gasteiger partial charge in [0.2, 0.25) is 5.91 Å². The van der Waals surface area contributed by atoms with Crippen molar-refractivity contribution >= 4 is 28.3 Å². The third-order valence-corrected chi connectivity index (χ3v) is 5.35. The Kier molecular flexibility index (Phi) is 4.51. The van der Waals surface area contributed by atoms with Crippen LogP contribution in [0, 0.1) is 0 Å². The van der Waals surface area contributed by atoms with Crippen molar-refractivity contribution in [3.05, 3.63) is 41.6 Å². The van der Waals surface area contributed by atoms with Crippen molar-refractivity contribution in [1.29, 1.82) is 0 Å². The Morgan fingerprint density at radius 2 is 1.96 bits per heavy atom. The molecule has 1 aromatic heterocycles. The molecular formula is C20H24N4O2. The Bertz CT molecular complexity index is 875. The first-order chi connectivity index (χ1) is 12.6. The zero-order valence-corrected chi connectivity index (χ0v) is 14.7. The molecule has 4 rings (SSSR count). The van der Waals surface area contributed by atoms with Gasteiger partial charge in [-0.1, -0.05) is 24.3 Å². The summed E-state index contributed by atoms with van der Waals surface area (Å²) < 4.78 is 0. The molecule has 1 aliphatic carbocycles. The van der Waals surface area contributed by atoms with E-state index in [0.29, 0.717) is 12.2 Å². The molecule has 26 heavy (non-hydrogen) atoms. The van der Waals surface area contributed by atoms with E-state index in [4.69, 9.17) is 5.73 Å². The number of hydrogen-bond donors (Lipinski definition) is 4. The van der Waals surface area contributed by atoms with Crippen molar-refractivity contribution < 1.29 is 9.59 Å². The molecule has 2 aromatic rings. The van der Waals surface area contributed by atoms with Crippen LogP contribution in [0.1, 0.15) is 48.2 Å². The zero-order valence-electron chi connectivity index (χ0n) is 14.7. The maximum absolute atomic E-state index is 12.6. The molecule has 6 heteroatoms. The lowest BCUT2D eigenvalue weighted by Gasteiger charge is -2.27. The van der Waals surface area contributed by atoms with E-state index >= 15 is 0 Å². The summed E-state index contributed by atoms with van der Waals surface area (Å²) >= 11 is 0. The summed E-state index contributed by atoms with van der Waals surface area (Å²) in [5, 5.41) is 6.97. The van der Waals surface area contributed by atoms with Crippen molar-refractivity contribution in [3.63, 3.8) is 0 Å². The molecule has 0 atom stereocenters. The average molecular weight is 352 g/mol. The monoisotopic (exact) mass is 352 g/mol. The van der Waals surface area contributed by atoms with Crippen LogP contribution < -0.4 is 16.4 Å². The van der Waals surface area contributed by atoms with E-state index in [1.807, 2.05) is 30.3 Å². The minimum Gasteiger partial charge on any atom is -0.353 e. The van der Waals surface area contributed by atoms with E-state index in [0.717, 1.165) is 47.7 Å². The van der Waals surface area contributed by atoms with Gasteiger partial charge in [-0.25, -0.2) is 0 Å². The molecule has 1 aliphatic heterocycles. The number of nitrogens with two attached hydrogens (primary N) is 1. The molecule has 1 aromatic carbocycles. The highest BCUT2D eigenvalue weighted by Gasteiger charge is 2.25. The quantitative estimate of drug-likeness (QED) is 0.680. The molecule has 2 heterocycles. The van der Waals surface area contributed by atoms with Gasteiger partial charge in [0.15, 0.2) is 0 Å². The van der Waals surface area contributed by atoms with Gasteiger partial charge in [0.25, 0.3) is 5.91 Å². The maximum atomic E-state index is 12.6.